The summed E-state index contributed by atoms with van der Waals surface area (Å²) in [6, 6.07) is 23.7. The first-order chi connectivity index (χ1) is 22.4. The molecule has 1 fully saturated rings. The Labute approximate surface area is 270 Å². The number of esters is 3. The van der Waals surface area contributed by atoms with E-state index in [9.17, 15) is 28.8 Å². The van der Waals surface area contributed by atoms with E-state index in [-0.39, 0.29) is 24.6 Å². The minimum absolute atomic E-state index is 0.0942. The molecule has 0 aliphatic carbocycles. The maximum Gasteiger partial charge on any atom is 0.409 e. The predicted octanol–water partition coefficient (Wildman–Crippen LogP) is 5.29. The summed E-state index contributed by atoms with van der Waals surface area (Å²) >= 11 is 0. The maximum absolute atomic E-state index is 15.0. The number of ether oxygens (including phenoxy) is 4. The number of hydrogen-bond donors (Lipinski definition) is 3. The van der Waals surface area contributed by atoms with Crippen molar-refractivity contribution in [1.82, 2.24) is 0 Å². The van der Waals surface area contributed by atoms with Crippen molar-refractivity contribution in [2.75, 3.05) is 10.6 Å². The van der Waals surface area contributed by atoms with Crippen LogP contribution >= 0.6 is 7.60 Å². The van der Waals surface area contributed by atoms with Crippen LogP contribution in [0.15, 0.2) is 84.9 Å². The molecule has 0 bridgehead atoms. The van der Waals surface area contributed by atoms with Crippen LogP contribution in [0.2, 0.25) is 0 Å². The summed E-state index contributed by atoms with van der Waals surface area (Å²) in [5, 5.41) is 14.6. The number of amides is 1. The second-order valence-electron chi connectivity index (χ2n) is 10.3. The van der Waals surface area contributed by atoms with Crippen LogP contribution in [0.25, 0.3) is 0 Å². The van der Waals surface area contributed by atoms with Gasteiger partial charge in [-0.1, -0.05) is 72.8 Å². The van der Waals surface area contributed by atoms with E-state index in [1.807, 2.05) is 0 Å². The Morgan fingerprint density at radius 1 is 0.681 bits per heavy atom. The first kappa shape index (κ1) is 35.1. The van der Waals surface area contributed by atoms with Gasteiger partial charge >= 0.3 is 31.6 Å². The normalized spacial score (nSPS) is 20.8. The van der Waals surface area contributed by atoms with E-state index in [4.69, 9.17) is 28.0 Å². The van der Waals surface area contributed by atoms with Crippen LogP contribution in [0.1, 0.15) is 31.9 Å². The molecule has 4 rings (SSSR count). The van der Waals surface area contributed by atoms with Crippen LogP contribution in [0.4, 0.5) is 16.2 Å². The average molecular weight is 671 g/mol. The minimum Gasteiger partial charge on any atom is -0.465 e. The maximum atomic E-state index is 15.0. The van der Waals surface area contributed by atoms with Crippen molar-refractivity contribution in [2.45, 2.75) is 64.4 Å². The molecule has 0 spiro atoms. The molecule has 1 aliphatic heterocycles. The fraction of sp³-hybridized carbons (Fsp3) is 0.312. The molecule has 14 nitrogen and oxygen atoms in total. The van der Waals surface area contributed by atoms with Crippen molar-refractivity contribution in [1.29, 1.82) is 0 Å². The molecule has 250 valence electrons. The Bertz CT molecular complexity index is 1540. The van der Waals surface area contributed by atoms with Gasteiger partial charge in [-0.3, -0.25) is 24.3 Å². The molecule has 47 heavy (non-hydrogen) atoms. The first-order valence-electron chi connectivity index (χ1n) is 14.4. The molecule has 3 N–H and O–H groups in total. The Balaban J connectivity index is 1.82. The van der Waals surface area contributed by atoms with Gasteiger partial charge in [0, 0.05) is 20.8 Å². The van der Waals surface area contributed by atoms with Crippen LogP contribution in [0.5, 0.6) is 0 Å². The van der Waals surface area contributed by atoms with Crippen LogP contribution in [-0.4, -0.2) is 59.5 Å². The monoisotopic (exact) mass is 670 g/mol. The van der Waals surface area contributed by atoms with Gasteiger partial charge in [0.2, 0.25) is 5.85 Å². The largest absolute Gasteiger partial charge is 0.465 e. The molecule has 1 heterocycles. The van der Waals surface area contributed by atoms with Crippen molar-refractivity contribution in [2.24, 2.45) is 0 Å². The highest BCUT2D eigenvalue weighted by atomic mass is 31.2. The quantitative estimate of drug-likeness (QED) is 0.121. The van der Waals surface area contributed by atoms with Crippen LogP contribution < -0.4 is 10.6 Å². The molecule has 15 heteroatoms. The predicted molar refractivity (Wildman–Crippen MR) is 167 cm³/mol. The van der Waals surface area contributed by atoms with Gasteiger partial charge in [-0.25, -0.2) is 4.79 Å². The Morgan fingerprint density at radius 3 is 1.62 bits per heavy atom. The lowest BCUT2D eigenvalue weighted by Crippen LogP contribution is -2.63. The smallest absolute Gasteiger partial charge is 0.409 e. The van der Waals surface area contributed by atoms with E-state index >= 15 is 0 Å². The summed E-state index contributed by atoms with van der Waals surface area (Å²) in [5.41, 5.74) is 1.52. The zero-order valence-corrected chi connectivity index (χ0v) is 26.7. The van der Waals surface area contributed by atoms with Crippen LogP contribution in [0.3, 0.4) is 0 Å². The van der Waals surface area contributed by atoms with Gasteiger partial charge in [0.25, 0.3) is 0 Å². The van der Waals surface area contributed by atoms with E-state index in [2.05, 4.69) is 10.6 Å². The number of para-hydroxylation sites is 2. The summed E-state index contributed by atoms with van der Waals surface area (Å²) in [6.07, 6.45) is -7.61. The Hall–Kier alpha value is -4.75. The van der Waals surface area contributed by atoms with E-state index < -0.39 is 62.0 Å². The molecule has 1 unspecified atom stereocenters. The molecular weight excluding hydrogens is 635 g/mol. The number of rotatable bonds is 13. The van der Waals surface area contributed by atoms with Crippen molar-refractivity contribution in [3.63, 3.8) is 0 Å². The van der Waals surface area contributed by atoms with E-state index in [0.29, 0.717) is 11.1 Å². The summed E-state index contributed by atoms with van der Waals surface area (Å²) in [7, 11) is -4.54. The van der Waals surface area contributed by atoms with E-state index in [1.165, 1.54) is 12.1 Å². The third-order valence-corrected chi connectivity index (χ3v) is 8.72. The van der Waals surface area contributed by atoms with Gasteiger partial charge < -0.3 is 38.4 Å². The summed E-state index contributed by atoms with van der Waals surface area (Å²) in [5.74, 6) is -4.28. The highest BCUT2D eigenvalue weighted by Gasteiger charge is 2.59. The highest BCUT2D eigenvalue weighted by molar-refractivity contribution is 7.54. The number of carboxylic acid groups (broad SMARTS) is 1. The fourth-order valence-electron chi connectivity index (χ4n) is 4.81. The van der Waals surface area contributed by atoms with Gasteiger partial charge in [0.1, 0.15) is 0 Å². The zero-order chi connectivity index (χ0) is 34.0. The molecule has 1 saturated heterocycles. The lowest BCUT2D eigenvalue weighted by molar-refractivity contribution is -0.231. The van der Waals surface area contributed by atoms with Gasteiger partial charge in [0.05, 0.1) is 24.6 Å². The summed E-state index contributed by atoms with van der Waals surface area (Å²) in [4.78, 5) is 48.7. The van der Waals surface area contributed by atoms with Crippen molar-refractivity contribution >= 4 is 43.0 Å². The molecule has 0 aromatic heterocycles. The SMILES string of the molecule is CC(=O)O[C@H]1[C@H](OC(C)=O)[C@@H](P(=O)(OCc2ccccc2)OCc2ccccc2)OC(Nc2ccccc2NC(=O)O)[C@@H]1OC(C)=O. The molecule has 3 aromatic carbocycles. The minimum atomic E-state index is -4.54. The van der Waals surface area contributed by atoms with Crippen molar-refractivity contribution < 1.29 is 56.8 Å². The molecule has 0 radical (unpaired) electrons. The third-order valence-electron chi connectivity index (χ3n) is 6.71. The second kappa shape index (κ2) is 16.2. The van der Waals surface area contributed by atoms with Gasteiger partial charge in [-0.15, -0.1) is 0 Å². The Kier molecular flexibility index (Phi) is 12.1. The molecule has 0 saturated carbocycles. The Morgan fingerprint density at radius 2 is 1.13 bits per heavy atom. The molecule has 5 atom stereocenters. The third kappa shape index (κ3) is 9.87. The number of anilines is 2. The number of carbonyl (C=O) groups is 4. The number of nitrogens with one attached hydrogen (secondary N) is 2. The van der Waals surface area contributed by atoms with Gasteiger partial charge in [-0.2, -0.15) is 0 Å². The average Bonchev–Trinajstić information content (AvgIpc) is 3.02. The zero-order valence-electron chi connectivity index (χ0n) is 25.8. The van der Waals surface area contributed by atoms with E-state index in [1.54, 1.807) is 72.8 Å². The second-order valence-corrected chi connectivity index (χ2v) is 12.5. The molecular formula is C32H35N2O12P. The molecule has 1 amide bonds. The molecule has 3 aromatic rings. The van der Waals surface area contributed by atoms with E-state index in [0.717, 1.165) is 20.8 Å². The summed E-state index contributed by atoms with van der Waals surface area (Å²) < 4.78 is 49.9. The highest BCUT2D eigenvalue weighted by Crippen LogP contribution is 2.59. The summed E-state index contributed by atoms with van der Waals surface area (Å²) in [6.45, 7) is 2.85. The topological polar surface area (TPSA) is 185 Å². The number of benzene rings is 3. The van der Waals surface area contributed by atoms with Crippen LogP contribution in [0, 0.1) is 0 Å². The number of carbonyl (C=O) groups excluding carboxylic acids is 3. The van der Waals surface area contributed by atoms with Gasteiger partial charge in [-0.05, 0) is 23.3 Å². The fourth-order valence-corrected chi connectivity index (χ4v) is 6.71. The molecule has 1 aliphatic rings. The van der Waals surface area contributed by atoms with Crippen molar-refractivity contribution in [3.05, 3.63) is 96.1 Å². The first-order valence-corrected chi connectivity index (χ1v) is 16.1. The standard InChI is InChI=1S/C32H35N2O12P/c1-20(35)43-27-28(44-21(2)36)30(33-25-16-10-11-17-26(25)34-32(38)39)46-31(29(27)45-22(3)37)47(40,41-18-23-12-6-4-7-13-23)42-19-24-14-8-5-9-15-24/h4-17,27-31,33-34H,18-19H2,1-3H3,(H,38,39)/t27-,28-,29+,30?,31-/m1/s1. The van der Waals surface area contributed by atoms with Crippen LogP contribution in [-0.2, 0) is 60.2 Å². The number of hydrogen-bond acceptors (Lipinski definition) is 12. The van der Waals surface area contributed by atoms with Crippen molar-refractivity contribution in [3.8, 4) is 0 Å². The van der Waals surface area contributed by atoms with Gasteiger partial charge in [0.15, 0.2) is 24.5 Å². The lowest BCUT2D eigenvalue weighted by atomic mass is 10.0. The lowest BCUT2D eigenvalue weighted by Gasteiger charge is -2.46.